The van der Waals surface area contributed by atoms with Gasteiger partial charge in [-0.2, -0.15) is 0 Å². The molecule has 0 radical (unpaired) electrons. The average Bonchev–Trinajstić information content (AvgIpc) is 3.88. The molecule has 12 aromatic rings. The molecule has 0 bridgehead atoms. The summed E-state index contributed by atoms with van der Waals surface area (Å²) < 4.78 is 13.2. The summed E-state index contributed by atoms with van der Waals surface area (Å²) in [5, 5.41) is 9.25. The van der Waals surface area contributed by atoms with E-state index in [0.29, 0.717) is 0 Å². The SMILES string of the molecule is c1ccc(N(c2ccc(-c3ccc4c(c3)oc3ccccc34)cc2)c2ccc(-c3cccc4ccccc34)cc2)c(-c2cccc3c2oc2c4ccccc4ccc32)c1. The van der Waals surface area contributed by atoms with Crippen LogP contribution < -0.4 is 4.90 Å². The third-order valence-electron chi connectivity index (χ3n) is 11.9. The van der Waals surface area contributed by atoms with E-state index in [0.717, 1.165) is 88.6 Å². The molecule has 276 valence electrons. The predicted octanol–water partition coefficient (Wildman–Crippen LogP) is 16.3. The van der Waals surface area contributed by atoms with E-state index in [-0.39, 0.29) is 0 Å². The monoisotopic (exact) mass is 753 g/mol. The van der Waals surface area contributed by atoms with E-state index in [1.807, 2.05) is 12.1 Å². The molecule has 10 aromatic carbocycles. The Morgan fingerprint density at radius 3 is 1.66 bits per heavy atom. The minimum atomic E-state index is 0.883. The van der Waals surface area contributed by atoms with Gasteiger partial charge < -0.3 is 13.7 Å². The van der Waals surface area contributed by atoms with Gasteiger partial charge in [-0.25, -0.2) is 0 Å². The van der Waals surface area contributed by atoms with E-state index in [2.05, 4.69) is 205 Å². The van der Waals surface area contributed by atoms with Crippen molar-refractivity contribution in [2.75, 3.05) is 4.90 Å². The lowest BCUT2D eigenvalue weighted by atomic mass is 9.97. The smallest absolute Gasteiger partial charge is 0.143 e. The van der Waals surface area contributed by atoms with Gasteiger partial charge in [-0.05, 0) is 93.0 Å². The Balaban J connectivity index is 1.01. The normalized spacial score (nSPS) is 11.7. The van der Waals surface area contributed by atoms with Crippen LogP contribution in [0.25, 0.3) is 98.8 Å². The second-order valence-corrected chi connectivity index (χ2v) is 15.2. The van der Waals surface area contributed by atoms with Crippen LogP contribution in [0.4, 0.5) is 17.1 Å². The standard InChI is InChI=1S/C56H35NO2/c1-3-14-43-37(11-1)13-9-18-44(43)39-25-31-42(32-26-39)57(41-29-23-36(24-30-41)40-28-33-48-47-17-6-8-22-53(47)58-54(48)35-40)52-21-7-5-16-46(52)49-19-10-20-50-51-34-27-38-12-2-4-15-45(38)55(51)59-56(49)50/h1-35H. The topological polar surface area (TPSA) is 29.5 Å². The van der Waals surface area contributed by atoms with Crippen LogP contribution in [-0.4, -0.2) is 0 Å². The van der Waals surface area contributed by atoms with Crippen molar-refractivity contribution in [3.63, 3.8) is 0 Å². The maximum absolute atomic E-state index is 6.89. The summed E-state index contributed by atoms with van der Waals surface area (Å²) in [6.07, 6.45) is 0. The minimum Gasteiger partial charge on any atom is -0.456 e. The molecule has 0 aliphatic carbocycles. The van der Waals surface area contributed by atoms with Crippen molar-refractivity contribution in [1.29, 1.82) is 0 Å². The van der Waals surface area contributed by atoms with Crippen LogP contribution in [0, 0.1) is 0 Å². The summed E-state index contributed by atoms with van der Waals surface area (Å²) in [4.78, 5) is 2.37. The van der Waals surface area contributed by atoms with Crippen LogP contribution in [0.3, 0.4) is 0 Å². The Bertz CT molecular complexity index is 3550. The Labute approximate surface area is 340 Å². The van der Waals surface area contributed by atoms with E-state index >= 15 is 0 Å². The highest BCUT2D eigenvalue weighted by Gasteiger charge is 2.21. The van der Waals surface area contributed by atoms with Crippen LogP contribution >= 0.6 is 0 Å². The Hall–Kier alpha value is -7.88. The predicted molar refractivity (Wildman–Crippen MR) is 247 cm³/mol. The Morgan fingerprint density at radius 2 is 0.831 bits per heavy atom. The quantitative estimate of drug-likeness (QED) is 0.169. The van der Waals surface area contributed by atoms with Crippen LogP contribution in [0.15, 0.2) is 221 Å². The molecule has 0 amide bonds. The number of fused-ring (bicyclic) bond motifs is 9. The molecule has 0 aliphatic heterocycles. The number of hydrogen-bond acceptors (Lipinski definition) is 3. The molecule has 0 spiro atoms. The first kappa shape index (κ1) is 33.3. The zero-order valence-electron chi connectivity index (χ0n) is 32.0. The summed E-state index contributed by atoms with van der Waals surface area (Å²) in [7, 11) is 0. The maximum atomic E-state index is 6.89. The molecule has 0 saturated heterocycles. The molecule has 3 heteroatoms. The molecule has 2 aromatic heterocycles. The summed E-state index contributed by atoms with van der Waals surface area (Å²) in [5.74, 6) is 0. The van der Waals surface area contributed by atoms with Gasteiger partial charge in [0.25, 0.3) is 0 Å². The second-order valence-electron chi connectivity index (χ2n) is 15.2. The van der Waals surface area contributed by atoms with E-state index in [1.54, 1.807) is 0 Å². The molecule has 59 heavy (non-hydrogen) atoms. The van der Waals surface area contributed by atoms with Crippen LogP contribution in [0.2, 0.25) is 0 Å². The fraction of sp³-hybridized carbons (Fsp3) is 0. The van der Waals surface area contributed by atoms with Crippen molar-refractivity contribution in [2.24, 2.45) is 0 Å². The second kappa shape index (κ2) is 13.4. The molecule has 0 atom stereocenters. The van der Waals surface area contributed by atoms with E-state index in [4.69, 9.17) is 8.83 Å². The number of hydrogen-bond donors (Lipinski definition) is 0. The number of para-hydroxylation sites is 3. The van der Waals surface area contributed by atoms with Crippen LogP contribution in [0.5, 0.6) is 0 Å². The summed E-state index contributed by atoms with van der Waals surface area (Å²) in [6.45, 7) is 0. The van der Waals surface area contributed by atoms with Gasteiger partial charge >= 0.3 is 0 Å². The van der Waals surface area contributed by atoms with Gasteiger partial charge in [0.1, 0.15) is 22.3 Å². The summed E-state index contributed by atoms with van der Waals surface area (Å²) in [5.41, 5.74) is 13.5. The summed E-state index contributed by atoms with van der Waals surface area (Å²) in [6, 6.07) is 75.7. The zero-order chi connectivity index (χ0) is 38.9. The fourth-order valence-corrected chi connectivity index (χ4v) is 9.04. The lowest BCUT2D eigenvalue weighted by Gasteiger charge is -2.28. The van der Waals surface area contributed by atoms with E-state index in [9.17, 15) is 0 Å². The first-order valence-corrected chi connectivity index (χ1v) is 20.1. The van der Waals surface area contributed by atoms with Gasteiger partial charge in [-0.15, -0.1) is 0 Å². The Morgan fingerprint density at radius 1 is 0.288 bits per heavy atom. The highest BCUT2D eigenvalue weighted by Crippen LogP contribution is 2.46. The maximum Gasteiger partial charge on any atom is 0.143 e. The molecular weight excluding hydrogens is 719 g/mol. The highest BCUT2D eigenvalue weighted by molar-refractivity contribution is 6.17. The molecule has 0 aliphatic rings. The highest BCUT2D eigenvalue weighted by atomic mass is 16.3. The molecule has 0 fully saturated rings. The van der Waals surface area contributed by atoms with Crippen molar-refractivity contribution in [3.8, 4) is 33.4 Å². The molecule has 12 rings (SSSR count). The number of nitrogens with zero attached hydrogens (tertiary/aromatic N) is 1. The number of benzene rings is 10. The first-order chi connectivity index (χ1) is 29.2. The van der Waals surface area contributed by atoms with Gasteiger partial charge in [0.2, 0.25) is 0 Å². The third kappa shape index (κ3) is 5.44. The molecule has 0 N–H and O–H groups in total. The van der Waals surface area contributed by atoms with Crippen molar-refractivity contribution >= 4 is 82.5 Å². The molecule has 3 nitrogen and oxygen atoms in total. The van der Waals surface area contributed by atoms with E-state index < -0.39 is 0 Å². The van der Waals surface area contributed by atoms with Crippen molar-refractivity contribution in [3.05, 3.63) is 212 Å². The number of furan rings is 2. The largest absolute Gasteiger partial charge is 0.456 e. The molecule has 0 unspecified atom stereocenters. The van der Waals surface area contributed by atoms with Crippen LogP contribution in [-0.2, 0) is 0 Å². The Kier molecular flexibility index (Phi) is 7.54. The fourth-order valence-electron chi connectivity index (χ4n) is 9.04. The van der Waals surface area contributed by atoms with Gasteiger partial charge in [-0.3, -0.25) is 0 Å². The molecular formula is C56H35NO2. The lowest BCUT2D eigenvalue weighted by Crippen LogP contribution is -2.11. The summed E-state index contributed by atoms with van der Waals surface area (Å²) >= 11 is 0. The van der Waals surface area contributed by atoms with Crippen LogP contribution in [0.1, 0.15) is 0 Å². The molecule has 2 heterocycles. The number of rotatable bonds is 6. The van der Waals surface area contributed by atoms with Crippen molar-refractivity contribution in [2.45, 2.75) is 0 Å². The minimum absolute atomic E-state index is 0.883. The third-order valence-corrected chi connectivity index (χ3v) is 11.9. The van der Waals surface area contributed by atoms with E-state index in [1.165, 1.54) is 27.3 Å². The first-order valence-electron chi connectivity index (χ1n) is 20.1. The molecule has 0 saturated carbocycles. The van der Waals surface area contributed by atoms with Gasteiger partial charge in [0.05, 0.1) is 5.69 Å². The van der Waals surface area contributed by atoms with Gasteiger partial charge in [-0.1, -0.05) is 158 Å². The zero-order valence-corrected chi connectivity index (χ0v) is 32.0. The van der Waals surface area contributed by atoms with Crippen molar-refractivity contribution in [1.82, 2.24) is 0 Å². The average molecular weight is 754 g/mol. The van der Waals surface area contributed by atoms with Crippen molar-refractivity contribution < 1.29 is 8.83 Å². The number of anilines is 3. The van der Waals surface area contributed by atoms with Gasteiger partial charge in [0, 0.05) is 49.4 Å². The van der Waals surface area contributed by atoms with Gasteiger partial charge in [0.15, 0.2) is 0 Å². The lowest BCUT2D eigenvalue weighted by molar-refractivity contribution is 0.669.